The number of rotatable bonds is 4. The SMILES string of the molecule is Nc1ccc(C(Cc2ccccc2)c2ccccc2)cc1N. The highest BCUT2D eigenvalue weighted by Gasteiger charge is 2.15. The number of nitrogen functional groups attached to an aromatic ring is 2. The van der Waals surface area contributed by atoms with Gasteiger partial charge in [-0.25, -0.2) is 0 Å². The summed E-state index contributed by atoms with van der Waals surface area (Å²) in [4.78, 5) is 0. The highest BCUT2D eigenvalue weighted by atomic mass is 14.7. The van der Waals surface area contributed by atoms with Crippen LogP contribution in [0.1, 0.15) is 22.6 Å². The summed E-state index contributed by atoms with van der Waals surface area (Å²) in [6, 6.07) is 27.0. The Morgan fingerprint density at radius 3 is 1.91 bits per heavy atom. The molecule has 0 heterocycles. The average Bonchev–Trinajstić information content (AvgIpc) is 2.57. The summed E-state index contributed by atoms with van der Waals surface area (Å²) in [7, 11) is 0. The molecule has 1 atom stereocenters. The third-order valence-corrected chi connectivity index (χ3v) is 4.00. The Morgan fingerprint density at radius 1 is 0.636 bits per heavy atom. The lowest BCUT2D eigenvalue weighted by molar-refractivity contribution is 0.806. The molecule has 0 aromatic heterocycles. The number of nitrogens with two attached hydrogens (primary N) is 2. The molecular formula is C20H20N2. The van der Waals surface area contributed by atoms with Crippen LogP contribution in [0, 0.1) is 0 Å². The molecule has 110 valence electrons. The molecule has 4 N–H and O–H groups in total. The molecule has 0 amide bonds. The Balaban J connectivity index is 2.01. The standard InChI is InChI=1S/C20H20N2/c21-19-12-11-17(14-20(19)22)18(16-9-5-2-6-10-16)13-15-7-3-1-4-8-15/h1-12,14,18H,13,21-22H2. The number of hydrogen-bond acceptors (Lipinski definition) is 2. The van der Waals surface area contributed by atoms with Crippen molar-refractivity contribution in [3.05, 3.63) is 95.6 Å². The normalized spacial score (nSPS) is 12.0. The summed E-state index contributed by atoms with van der Waals surface area (Å²) in [6.07, 6.45) is 0.939. The summed E-state index contributed by atoms with van der Waals surface area (Å²) in [5, 5.41) is 0. The molecule has 1 unspecified atom stereocenters. The van der Waals surface area contributed by atoms with Gasteiger partial charge in [-0.1, -0.05) is 66.7 Å². The van der Waals surface area contributed by atoms with E-state index in [1.165, 1.54) is 16.7 Å². The molecular weight excluding hydrogens is 268 g/mol. The first-order chi connectivity index (χ1) is 10.7. The molecule has 22 heavy (non-hydrogen) atoms. The van der Waals surface area contributed by atoms with Crippen LogP contribution < -0.4 is 11.5 Å². The second-order valence-electron chi connectivity index (χ2n) is 5.54. The van der Waals surface area contributed by atoms with Gasteiger partial charge in [-0.15, -0.1) is 0 Å². The van der Waals surface area contributed by atoms with E-state index in [1.807, 2.05) is 24.3 Å². The highest BCUT2D eigenvalue weighted by molar-refractivity contribution is 5.64. The van der Waals surface area contributed by atoms with Crippen LogP contribution in [0.5, 0.6) is 0 Å². The Hall–Kier alpha value is -2.74. The van der Waals surface area contributed by atoms with Gasteiger partial charge in [0.2, 0.25) is 0 Å². The minimum absolute atomic E-state index is 0.270. The van der Waals surface area contributed by atoms with E-state index in [4.69, 9.17) is 11.5 Å². The first-order valence-electron chi connectivity index (χ1n) is 7.48. The van der Waals surface area contributed by atoms with Crippen LogP contribution in [0.4, 0.5) is 11.4 Å². The molecule has 2 nitrogen and oxygen atoms in total. The van der Waals surface area contributed by atoms with Gasteiger partial charge in [0.05, 0.1) is 11.4 Å². The van der Waals surface area contributed by atoms with Crippen molar-refractivity contribution in [2.45, 2.75) is 12.3 Å². The molecule has 0 aliphatic carbocycles. The Kier molecular flexibility index (Phi) is 4.10. The fourth-order valence-corrected chi connectivity index (χ4v) is 2.77. The number of benzene rings is 3. The highest BCUT2D eigenvalue weighted by Crippen LogP contribution is 2.31. The molecule has 0 radical (unpaired) electrons. The fraction of sp³-hybridized carbons (Fsp3) is 0.100. The minimum Gasteiger partial charge on any atom is -0.397 e. The van der Waals surface area contributed by atoms with Crippen molar-refractivity contribution in [1.29, 1.82) is 0 Å². The van der Waals surface area contributed by atoms with E-state index < -0.39 is 0 Å². The molecule has 0 saturated heterocycles. The molecule has 3 rings (SSSR count). The van der Waals surface area contributed by atoms with Crippen LogP contribution in [0.25, 0.3) is 0 Å². The Bertz CT molecular complexity index is 736. The van der Waals surface area contributed by atoms with E-state index in [9.17, 15) is 0 Å². The van der Waals surface area contributed by atoms with E-state index >= 15 is 0 Å². The molecule has 3 aromatic rings. The van der Waals surface area contributed by atoms with Gasteiger partial charge in [0.1, 0.15) is 0 Å². The molecule has 0 bridgehead atoms. The third kappa shape index (κ3) is 3.12. The smallest absolute Gasteiger partial charge is 0.0550 e. The summed E-state index contributed by atoms with van der Waals surface area (Å²) < 4.78 is 0. The first-order valence-corrected chi connectivity index (χ1v) is 7.48. The van der Waals surface area contributed by atoms with Crippen molar-refractivity contribution in [2.75, 3.05) is 11.5 Å². The van der Waals surface area contributed by atoms with Gasteiger partial charge in [0.15, 0.2) is 0 Å². The lowest BCUT2D eigenvalue weighted by Crippen LogP contribution is -2.06. The predicted octanol–water partition coefficient (Wildman–Crippen LogP) is 4.23. The molecule has 2 heteroatoms. The van der Waals surface area contributed by atoms with Crippen molar-refractivity contribution < 1.29 is 0 Å². The van der Waals surface area contributed by atoms with E-state index in [0.29, 0.717) is 11.4 Å². The van der Waals surface area contributed by atoms with Gasteiger partial charge in [-0.05, 0) is 35.2 Å². The van der Waals surface area contributed by atoms with Gasteiger partial charge in [-0.2, -0.15) is 0 Å². The van der Waals surface area contributed by atoms with Crippen LogP contribution in [0.3, 0.4) is 0 Å². The van der Waals surface area contributed by atoms with Crippen molar-refractivity contribution >= 4 is 11.4 Å². The van der Waals surface area contributed by atoms with Crippen LogP contribution in [-0.4, -0.2) is 0 Å². The van der Waals surface area contributed by atoms with Gasteiger partial charge < -0.3 is 11.5 Å². The lowest BCUT2D eigenvalue weighted by Gasteiger charge is -2.19. The van der Waals surface area contributed by atoms with Crippen molar-refractivity contribution in [1.82, 2.24) is 0 Å². The van der Waals surface area contributed by atoms with Crippen LogP contribution >= 0.6 is 0 Å². The summed E-state index contributed by atoms with van der Waals surface area (Å²) in [5.41, 5.74) is 16.9. The van der Waals surface area contributed by atoms with E-state index in [-0.39, 0.29) is 5.92 Å². The monoisotopic (exact) mass is 288 g/mol. The van der Waals surface area contributed by atoms with Crippen molar-refractivity contribution in [2.24, 2.45) is 0 Å². The van der Waals surface area contributed by atoms with Gasteiger partial charge in [0, 0.05) is 5.92 Å². The second kappa shape index (κ2) is 6.35. The zero-order valence-corrected chi connectivity index (χ0v) is 12.4. The first kappa shape index (κ1) is 14.2. The zero-order valence-electron chi connectivity index (χ0n) is 12.4. The number of anilines is 2. The molecule has 0 saturated carbocycles. The predicted molar refractivity (Wildman–Crippen MR) is 93.7 cm³/mol. The summed E-state index contributed by atoms with van der Waals surface area (Å²) in [5.74, 6) is 0.270. The quantitative estimate of drug-likeness (QED) is 0.706. The summed E-state index contributed by atoms with van der Waals surface area (Å²) >= 11 is 0. The fourth-order valence-electron chi connectivity index (χ4n) is 2.77. The lowest BCUT2D eigenvalue weighted by atomic mass is 9.85. The largest absolute Gasteiger partial charge is 0.397 e. The van der Waals surface area contributed by atoms with Gasteiger partial charge in [0.25, 0.3) is 0 Å². The van der Waals surface area contributed by atoms with Gasteiger partial charge in [-0.3, -0.25) is 0 Å². The molecule has 0 fully saturated rings. The molecule has 3 aromatic carbocycles. The topological polar surface area (TPSA) is 52.0 Å². The van der Waals surface area contributed by atoms with E-state index in [0.717, 1.165) is 6.42 Å². The minimum atomic E-state index is 0.270. The van der Waals surface area contributed by atoms with Crippen molar-refractivity contribution in [3.63, 3.8) is 0 Å². The van der Waals surface area contributed by atoms with E-state index in [2.05, 4.69) is 54.6 Å². The van der Waals surface area contributed by atoms with Crippen LogP contribution in [-0.2, 0) is 6.42 Å². The zero-order chi connectivity index (χ0) is 15.4. The third-order valence-electron chi connectivity index (χ3n) is 4.00. The van der Waals surface area contributed by atoms with Crippen LogP contribution in [0.15, 0.2) is 78.9 Å². The average molecular weight is 288 g/mol. The van der Waals surface area contributed by atoms with Crippen LogP contribution in [0.2, 0.25) is 0 Å². The number of hydrogen-bond donors (Lipinski definition) is 2. The maximum atomic E-state index is 6.00. The maximum absolute atomic E-state index is 6.00. The second-order valence-corrected chi connectivity index (χ2v) is 5.54. The Morgan fingerprint density at radius 2 is 1.27 bits per heavy atom. The molecule has 0 aliphatic rings. The van der Waals surface area contributed by atoms with Gasteiger partial charge >= 0.3 is 0 Å². The van der Waals surface area contributed by atoms with Crippen molar-refractivity contribution in [3.8, 4) is 0 Å². The molecule has 0 spiro atoms. The molecule has 0 aliphatic heterocycles. The maximum Gasteiger partial charge on any atom is 0.0550 e. The Labute approximate surface area is 131 Å². The van der Waals surface area contributed by atoms with E-state index in [1.54, 1.807) is 0 Å². The summed E-state index contributed by atoms with van der Waals surface area (Å²) in [6.45, 7) is 0.